The first-order chi connectivity index (χ1) is 12.2. The molecule has 4 rings (SSSR count). The van der Waals surface area contributed by atoms with Crippen LogP contribution < -0.4 is 9.64 Å². The number of nitrogens with zero attached hydrogens (tertiary/aromatic N) is 1. The van der Waals surface area contributed by atoms with Gasteiger partial charge in [0, 0.05) is 40.1 Å². The van der Waals surface area contributed by atoms with E-state index in [0.29, 0.717) is 6.54 Å². The zero-order valence-corrected chi connectivity index (χ0v) is 15.3. The Kier molecular flexibility index (Phi) is 4.36. The number of aliphatic hydroxyl groups is 1. The molecule has 1 atom stereocenters. The van der Waals surface area contributed by atoms with Crippen LogP contribution in [0.2, 0.25) is 0 Å². The van der Waals surface area contributed by atoms with Crippen molar-refractivity contribution in [2.45, 2.75) is 17.4 Å². The van der Waals surface area contributed by atoms with Crippen molar-refractivity contribution in [1.82, 2.24) is 4.98 Å². The quantitative estimate of drug-likeness (QED) is 0.692. The van der Waals surface area contributed by atoms with E-state index in [0.717, 1.165) is 46.6 Å². The van der Waals surface area contributed by atoms with Crippen LogP contribution in [0.3, 0.4) is 0 Å². The van der Waals surface area contributed by atoms with E-state index in [9.17, 15) is 5.11 Å². The molecule has 1 fully saturated rings. The Bertz CT molecular complexity index is 906. The molecule has 1 aliphatic heterocycles. The van der Waals surface area contributed by atoms with Crippen molar-refractivity contribution >= 4 is 28.4 Å². The minimum atomic E-state index is -0.252. The van der Waals surface area contributed by atoms with E-state index in [1.807, 2.05) is 12.1 Å². The Morgan fingerprint density at radius 2 is 2.08 bits per heavy atom. The highest BCUT2D eigenvalue weighted by Crippen LogP contribution is 2.42. The number of benzene rings is 2. The number of aromatic nitrogens is 1. The molecule has 0 aliphatic carbocycles. The van der Waals surface area contributed by atoms with Crippen LogP contribution in [0.5, 0.6) is 5.75 Å². The Labute approximate surface area is 151 Å². The molecule has 2 heterocycles. The number of fused-ring (bicyclic) bond motifs is 1. The minimum absolute atomic E-state index is 0.252. The number of hydrogen-bond donors (Lipinski definition) is 2. The summed E-state index contributed by atoms with van der Waals surface area (Å²) in [6, 6.07) is 14.7. The molecule has 2 aromatic carbocycles. The van der Waals surface area contributed by atoms with Gasteiger partial charge in [-0.15, -0.1) is 11.8 Å². The summed E-state index contributed by atoms with van der Waals surface area (Å²) in [7, 11) is 1.72. The molecule has 25 heavy (non-hydrogen) atoms. The highest BCUT2D eigenvalue weighted by atomic mass is 32.2. The summed E-state index contributed by atoms with van der Waals surface area (Å²) < 4.78 is 5.76. The highest BCUT2D eigenvalue weighted by molar-refractivity contribution is 7.98. The first-order valence-electron chi connectivity index (χ1n) is 8.47. The molecule has 130 valence electrons. The molecule has 0 saturated carbocycles. The molecule has 0 bridgehead atoms. The van der Waals surface area contributed by atoms with Gasteiger partial charge < -0.3 is 19.7 Å². The summed E-state index contributed by atoms with van der Waals surface area (Å²) in [6.45, 7) is 1.55. The number of H-pyrrole nitrogens is 1. The number of β-amino-alcohol motifs (C(OH)–C–C–N with tert-alkyl or cyclic N) is 1. The monoisotopic (exact) mass is 354 g/mol. The van der Waals surface area contributed by atoms with Crippen molar-refractivity contribution < 1.29 is 9.84 Å². The number of thioether (sulfide) groups is 1. The Morgan fingerprint density at radius 1 is 1.24 bits per heavy atom. The lowest BCUT2D eigenvalue weighted by Gasteiger charge is -2.22. The minimum Gasteiger partial charge on any atom is -0.494 e. The van der Waals surface area contributed by atoms with Gasteiger partial charge in [0.05, 0.1) is 18.9 Å². The third-order valence-electron chi connectivity index (χ3n) is 4.84. The van der Waals surface area contributed by atoms with E-state index in [-0.39, 0.29) is 6.10 Å². The fourth-order valence-corrected chi connectivity index (χ4v) is 4.04. The van der Waals surface area contributed by atoms with E-state index >= 15 is 0 Å². The summed E-state index contributed by atoms with van der Waals surface area (Å²) in [6.07, 6.45) is 2.65. The lowest BCUT2D eigenvalue weighted by molar-refractivity contribution is 0.198. The molecule has 1 saturated heterocycles. The van der Waals surface area contributed by atoms with E-state index in [1.165, 1.54) is 4.90 Å². The summed E-state index contributed by atoms with van der Waals surface area (Å²) in [4.78, 5) is 7.00. The van der Waals surface area contributed by atoms with Gasteiger partial charge in [-0.2, -0.15) is 0 Å². The van der Waals surface area contributed by atoms with Crippen LogP contribution >= 0.6 is 11.8 Å². The molecule has 0 spiro atoms. The van der Waals surface area contributed by atoms with Gasteiger partial charge in [-0.25, -0.2) is 0 Å². The molecule has 5 heteroatoms. The van der Waals surface area contributed by atoms with Crippen molar-refractivity contribution in [3.63, 3.8) is 0 Å². The van der Waals surface area contributed by atoms with E-state index in [4.69, 9.17) is 4.74 Å². The third-order valence-corrected chi connectivity index (χ3v) is 5.57. The van der Waals surface area contributed by atoms with Gasteiger partial charge in [0.1, 0.15) is 0 Å². The van der Waals surface area contributed by atoms with E-state index in [1.54, 1.807) is 18.9 Å². The van der Waals surface area contributed by atoms with Crippen LogP contribution in [0, 0.1) is 0 Å². The van der Waals surface area contributed by atoms with Crippen molar-refractivity contribution in [3.05, 3.63) is 42.5 Å². The summed E-state index contributed by atoms with van der Waals surface area (Å²) in [5, 5.41) is 11.0. The first-order valence-corrected chi connectivity index (χ1v) is 9.70. The highest BCUT2D eigenvalue weighted by Gasteiger charge is 2.25. The Hall–Kier alpha value is -2.11. The second kappa shape index (κ2) is 6.65. The predicted octanol–water partition coefficient (Wildman–Crippen LogP) is 4.14. The second-order valence-electron chi connectivity index (χ2n) is 6.35. The lowest BCUT2D eigenvalue weighted by atomic mass is 10.1. The van der Waals surface area contributed by atoms with Gasteiger partial charge >= 0.3 is 0 Å². The average Bonchev–Trinajstić information content (AvgIpc) is 3.24. The fourth-order valence-electron chi connectivity index (χ4n) is 3.60. The molecule has 3 aromatic rings. The predicted molar refractivity (Wildman–Crippen MR) is 105 cm³/mol. The maximum Gasteiger partial charge on any atom is 0.152 e. The molecular weight excluding hydrogens is 332 g/mol. The van der Waals surface area contributed by atoms with Gasteiger partial charge in [-0.3, -0.25) is 0 Å². The maximum absolute atomic E-state index is 9.96. The maximum atomic E-state index is 9.96. The lowest BCUT2D eigenvalue weighted by Crippen LogP contribution is -2.21. The SMILES string of the molecule is COc1c(-c2cc(SC)ccc2N2CCC(O)C2)[nH]c2ccccc12. The van der Waals surface area contributed by atoms with Crippen molar-refractivity contribution in [2.75, 3.05) is 31.4 Å². The van der Waals surface area contributed by atoms with Crippen LogP contribution in [0.25, 0.3) is 22.2 Å². The van der Waals surface area contributed by atoms with Crippen molar-refractivity contribution in [2.24, 2.45) is 0 Å². The summed E-state index contributed by atoms with van der Waals surface area (Å²) in [5.74, 6) is 0.870. The first kappa shape index (κ1) is 16.4. The Morgan fingerprint density at radius 3 is 2.80 bits per heavy atom. The smallest absolute Gasteiger partial charge is 0.152 e. The zero-order valence-electron chi connectivity index (χ0n) is 14.5. The van der Waals surface area contributed by atoms with Gasteiger partial charge in [-0.05, 0) is 43.0 Å². The number of methoxy groups -OCH3 is 1. The molecule has 4 nitrogen and oxygen atoms in total. The number of aliphatic hydroxyl groups excluding tert-OH is 1. The number of rotatable bonds is 4. The van der Waals surface area contributed by atoms with Crippen LogP contribution in [-0.4, -0.2) is 42.6 Å². The van der Waals surface area contributed by atoms with Gasteiger partial charge in [0.2, 0.25) is 0 Å². The van der Waals surface area contributed by atoms with Crippen LogP contribution in [0.1, 0.15) is 6.42 Å². The van der Waals surface area contributed by atoms with Crippen molar-refractivity contribution in [1.29, 1.82) is 0 Å². The largest absolute Gasteiger partial charge is 0.494 e. The normalized spacial score (nSPS) is 17.4. The number of para-hydroxylation sites is 1. The van der Waals surface area contributed by atoms with Crippen LogP contribution in [0.15, 0.2) is 47.4 Å². The number of ether oxygens (including phenoxy) is 1. The fraction of sp³-hybridized carbons (Fsp3) is 0.300. The van der Waals surface area contributed by atoms with Crippen LogP contribution in [0.4, 0.5) is 5.69 Å². The van der Waals surface area contributed by atoms with Gasteiger partial charge in [-0.1, -0.05) is 12.1 Å². The molecule has 2 N–H and O–H groups in total. The molecule has 1 unspecified atom stereocenters. The molecule has 0 radical (unpaired) electrons. The Balaban J connectivity index is 1.92. The average molecular weight is 354 g/mol. The number of anilines is 1. The number of hydrogen-bond acceptors (Lipinski definition) is 4. The molecule has 0 amide bonds. The van der Waals surface area contributed by atoms with Crippen LogP contribution in [-0.2, 0) is 0 Å². The summed E-state index contributed by atoms with van der Waals surface area (Å²) >= 11 is 1.73. The topological polar surface area (TPSA) is 48.5 Å². The third kappa shape index (κ3) is 2.87. The molecular formula is C20H22N2O2S. The summed E-state index contributed by atoms with van der Waals surface area (Å²) in [5.41, 5.74) is 4.32. The van der Waals surface area contributed by atoms with E-state index in [2.05, 4.69) is 46.5 Å². The zero-order chi connectivity index (χ0) is 17.4. The standard InChI is InChI=1S/C20H22N2O2S/c1-24-20-15-5-3-4-6-17(15)21-19(20)16-11-14(25-2)7-8-18(16)22-10-9-13(23)12-22/h3-8,11,13,21,23H,9-10,12H2,1-2H3. The van der Waals surface area contributed by atoms with Gasteiger partial charge in [0.25, 0.3) is 0 Å². The number of nitrogens with one attached hydrogen (secondary N) is 1. The van der Waals surface area contributed by atoms with Gasteiger partial charge in [0.15, 0.2) is 5.75 Å². The number of aromatic amines is 1. The molecule has 1 aliphatic rings. The molecule has 1 aromatic heterocycles. The van der Waals surface area contributed by atoms with E-state index < -0.39 is 0 Å². The van der Waals surface area contributed by atoms with Crippen molar-refractivity contribution in [3.8, 4) is 17.0 Å². The second-order valence-corrected chi connectivity index (χ2v) is 7.23.